The van der Waals surface area contributed by atoms with Crippen molar-refractivity contribution < 1.29 is 9.53 Å². The van der Waals surface area contributed by atoms with Crippen molar-refractivity contribution in [2.24, 2.45) is 5.10 Å². The minimum Gasteiger partial charge on any atom is -0.488 e. The second kappa shape index (κ2) is 9.01. The van der Waals surface area contributed by atoms with Crippen molar-refractivity contribution in [2.45, 2.75) is 13.5 Å². The van der Waals surface area contributed by atoms with Crippen LogP contribution in [0.3, 0.4) is 0 Å². The van der Waals surface area contributed by atoms with Gasteiger partial charge in [0.15, 0.2) is 0 Å². The first-order valence-electron chi connectivity index (χ1n) is 8.49. The molecule has 0 bridgehead atoms. The minimum absolute atomic E-state index is 0.246. The Balaban J connectivity index is 1.65. The van der Waals surface area contributed by atoms with Gasteiger partial charge >= 0.3 is 0 Å². The predicted molar refractivity (Wildman–Crippen MR) is 108 cm³/mol. The maximum Gasteiger partial charge on any atom is 0.271 e. The monoisotopic (exact) mass is 378 g/mol. The largest absolute Gasteiger partial charge is 0.488 e. The fourth-order valence-corrected chi connectivity index (χ4v) is 2.63. The van der Waals surface area contributed by atoms with Crippen molar-refractivity contribution in [1.82, 2.24) is 5.43 Å². The number of hydrogen-bond donors (Lipinski definition) is 1. The average molecular weight is 379 g/mol. The van der Waals surface area contributed by atoms with Crippen molar-refractivity contribution in [3.05, 3.63) is 100 Å². The number of halogens is 1. The molecule has 3 rings (SSSR count). The molecule has 5 heteroatoms. The summed E-state index contributed by atoms with van der Waals surface area (Å²) in [5, 5.41) is 4.75. The second-order valence-electron chi connectivity index (χ2n) is 5.97. The number of rotatable bonds is 6. The van der Waals surface area contributed by atoms with Gasteiger partial charge in [-0.15, -0.1) is 0 Å². The number of nitrogens with one attached hydrogen (secondary N) is 1. The van der Waals surface area contributed by atoms with Crippen LogP contribution in [0.1, 0.15) is 27.0 Å². The Hall–Kier alpha value is -3.11. The summed E-state index contributed by atoms with van der Waals surface area (Å²) in [6.45, 7) is 2.30. The van der Waals surface area contributed by atoms with E-state index < -0.39 is 0 Å². The maximum absolute atomic E-state index is 12.2. The summed E-state index contributed by atoms with van der Waals surface area (Å²) in [7, 11) is 0. The van der Waals surface area contributed by atoms with E-state index in [1.165, 1.54) is 0 Å². The molecule has 0 unspecified atom stereocenters. The lowest BCUT2D eigenvalue weighted by atomic mass is 10.1. The molecule has 0 aliphatic carbocycles. The van der Waals surface area contributed by atoms with Gasteiger partial charge < -0.3 is 4.74 Å². The number of carbonyl (C=O) groups excluding carboxylic acids is 1. The summed E-state index contributed by atoms with van der Waals surface area (Å²) < 4.78 is 5.88. The zero-order valence-electron chi connectivity index (χ0n) is 14.9. The van der Waals surface area contributed by atoms with E-state index in [-0.39, 0.29) is 5.91 Å². The van der Waals surface area contributed by atoms with Gasteiger partial charge in [0, 0.05) is 16.1 Å². The molecule has 1 N–H and O–H groups in total. The summed E-state index contributed by atoms with van der Waals surface area (Å²) in [5.41, 5.74) is 5.84. The van der Waals surface area contributed by atoms with Gasteiger partial charge in [-0.2, -0.15) is 5.10 Å². The molecule has 136 valence electrons. The van der Waals surface area contributed by atoms with Crippen LogP contribution in [0.25, 0.3) is 0 Å². The van der Waals surface area contributed by atoms with Gasteiger partial charge in [0.2, 0.25) is 0 Å². The summed E-state index contributed by atoms with van der Waals surface area (Å²) in [6, 6.07) is 22.4. The van der Waals surface area contributed by atoms with Crippen LogP contribution in [-0.2, 0) is 6.61 Å². The Kier molecular flexibility index (Phi) is 6.23. The number of carbonyl (C=O) groups is 1. The number of hydrogen-bond acceptors (Lipinski definition) is 3. The van der Waals surface area contributed by atoms with E-state index in [2.05, 4.69) is 10.5 Å². The molecule has 0 saturated carbocycles. The minimum atomic E-state index is -0.246. The van der Waals surface area contributed by atoms with Crippen molar-refractivity contribution in [1.29, 1.82) is 0 Å². The quantitative estimate of drug-likeness (QED) is 0.485. The molecule has 0 radical (unpaired) electrons. The molecule has 0 atom stereocenters. The normalized spacial score (nSPS) is 10.7. The third-order valence-corrected chi connectivity index (χ3v) is 4.24. The summed E-state index contributed by atoms with van der Waals surface area (Å²) in [5.74, 6) is 0.435. The Morgan fingerprint density at radius 2 is 1.74 bits per heavy atom. The van der Waals surface area contributed by atoms with E-state index in [0.29, 0.717) is 22.9 Å². The molecular formula is C22H19ClN2O2. The van der Waals surface area contributed by atoms with E-state index in [1.807, 2.05) is 73.7 Å². The van der Waals surface area contributed by atoms with E-state index >= 15 is 0 Å². The number of para-hydroxylation sites is 1. The molecule has 0 aliphatic heterocycles. The lowest BCUT2D eigenvalue weighted by molar-refractivity contribution is 0.0954. The van der Waals surface area contributed by atoms with Gasteiger partial charge in [-0.1, -0.05) is 54.1 Å². The Bertz CT molecular complexity index is 953. The maximum atomic E-state index is 12.2. The summed E-state index contributed by atoms with van der Waals surface area (Å²) >= 11 is 5.90. The van der Waals surface area contributed by atoms with E-state index in [1.54, 1.807) is 12.3 Å². The topological polar surface area (TPSA) is 50.7 Å². The van der Waals surface area contributed by atoms with Crippen molar-refractivity contribution >= 4 is 23.7 Å². The number of benzene rings is 3. The molecule has 0 aliphatic rings. The molecule has 27 heavy (non-hydrogen) atoms. The Labute approximate surface area is 163 Å². The highest BCUT2D eigenvalue weighted by Crippen LogP contribution is 2.18. The van der Waals surface area contributed by atoms with Crippen LogP contribution >= 0.6 is 11.6 Å². The molecule has 0 aromatic heterocycles. The lowest BCUT2D eigenvalue weighted by Gasteiger charge is -2.09. The van der Waals surface area contributed by atoms with Gasteiger partial charge in [-0.25, -0.2) is 5.43 Å². The van der Waals surface area contributed by atoms with Crippen LogP contribution in [0.4, 0.5) is 0 Å². The van der Waals surface area contributed by atoms with Gasteiger partial charge in [-0.05, 0) is 48.4 Å². The second-order valence-corrected chi connectivity index (χ2v) is 6.40. The molecule has 3 aromatic rings. The fraction of sp³-hybridized carbons (Fsp3) is 0.0909. The van der Waals surface area contributed by atoms with Crippen molar-refractivity contribution in [2.75, 3.05) is 0 Å². The number of hydrazone groups is 1. The first kappa shape index (κ1) is 18.7. The van der Waals surface area contributed by atoms with Gasteiger partial charge in [0.25, 0.3) is 5.91 Å². The molecular weight excluding hydrogens is 360 g/mol. The van der Waals surface area contributed by atoms with Gasteiger partial charge in [-0.3, -0.25) is 4.79 Å². The average Bonchev–Trinajstić information content (AvgIpc) is 2.68. The molecule has 3 aromatic carbocycles. The molecule has 1 amide bonds. The van der Waals surface area contributed by atoms with Crippen molar-refractivity contribution in [3.63, 3.8) is 0 Å². The van der Waals surface area contributed by atoms with Gasteiger partial charge in [0.05, 0.1) is 6.21 Å². The zero-order chi connectivity index (χ0) is 19.1. The molecule has 0 fully saturated rings. The number of ether oxygens (including phenoxy) is 1. The number of amides is 1. The van der Waals surface area contributed by atoms with Gasteiger partial charge in [0.1, 0.15) is 12.4 Å². The van der Waals surface area contributed by atoms with E-state index in [9.17, 15) is 4.79 Å². The molecule has 4 nitrogen and oxygen atoms in total. The standard InChI is InChI=1S/C22H19ClN2O2/c1-16-6-2-4-8-20(16)22(26)25-24-14-18-7-3-5-9-21(18)27-15-17-10-12-19(23)13-11-17/h2-14H,15H2,1H3,(H,25,26)/b24-14+. The van der Waals surface area contributed by atoms with Crippen LogP contribution in [0.2, 0.25) is 5.02 Å². The lowest BCUT2D eigenvalue weighted by Crippen LogP contribution is -2.18. The third-order valence-electron chi connectivity index (χ3n) is 3.99. The Morgan fingerprint density at radius 1 is 1.04 bits per heavy atom. The van der Waals surface area contributed by atoms with Crippen LogP contribution in [0.5, 0.6) is 5.75 Å². The third kappa shape index (κ3) is 5.19. The van der Waals surface area contributed by atoms with E-state index in [0.717, 1.165) is 16.7 Å². The highest BCUT2D eigenvalue weighted by molar-refractivity contribution is 6.30. The van der Waals surface area contributed by atoms with E-state index in [4.69, 9.17) is 16.3 Å². The fourth-order valence-electron chi connectivity index (χ4n) is 2.51. The predicted octanol–water partition coefficient (Wildman–Crippen LogP) is 4.99. The first-order chi connectivity index (χ1) is 13.1. The SMILES string of the molecule is Cc1ccccc1C(=O)N/N=C/c1ccccc1OCc1ccc(Cl)cc1. The first-order valence-corrected chi connectivity index (χ1v) is 8.86. The molecule has 0 saturated heterocycles. The summed E-state index contributed by atoms with van der Waals surface area (Å²) in [6.07, 6.45) is 1.58. The Morgan fingerprint density at radius 3 is 2.52 bits per heavy atom. The highest BCUT2D eigenvalue weighted by atomic mass is 35.5. The summed E-state index contributed by atoms with van der Waals surface area (Å²) in [4.78, 5) is 12.2. The number of nitrogens with zero attached hydrogens (tertiary/aromatic N) is 1. The van der Waals surface area contributed by atoms with Crippen LogP contribution < -0.4 is 10.2 Å². The highest BCUT2D eigenvalue weighted by Gasteiger charge is 2.07. The molecule has 0 heterocycles. The van der Waals surface area contributed by atoms with Crippen LogP contribution in [0, 0.1) is 6.92 Å². The van der Waals surface area contributed by atoms with Crippen molar-refractivity contribution in [3.8, 4) is 5.75 Å². The van der Waals surface area contributed by atoms with Crippen LogP contribution in [0.15, 0.2) is 77.9 Å². The molecule has 0 spiro atoms. The van der Waals surface area contributed by atoms with Crippen LogP contribution in [-0.4, -0.2) is 12.1 Å². The number of aryl methyl sites for hydroxylation is 1. The smallest absolute Gasteiger partial charge is 0.271 e. The zero-order valence-corrected chi connectivity index (χ0v) is 15.6.